The summed E-state index contributed by atoms with van der Waals surface area (Å²) >= 11 is 0. The Morgan fingerprint density at radius 2 is 2.24 bits per heavy atom. The van der Waals surface area contributed by atoms with Gasteiger partial charge in [-0.2, -0.15) is 0 Å². The van der Waals surface area contributed by atoms with Crippen LogP contribution in [-0.2, 0) is 0 Å². The van der Waals surface area contributed by atoms with Crippen LogP contribution < -0.4 is 5.32 Å². The topological polar surface area (TPSA) is 88.3 Å². The molecule has 6 heteroatoms. The Balaban J connectivity index is 2.58. The summed E-state index contributed by atoms with van der Waals surface area (Å²) in [7, 11) is 0. The van der Waals surface area contributed by atoms with Crippen LogP contribution in [0.15, 0.2) is 30.5 Å². The number of aliphatic hydroxyl groups is 1. The van der Waals surface area contributed by atoms with E-state index in [1.807, 2.05) is 0 Å². The van der Waals surface area contributed by atoms with E-state index in [0.29, 0.717) is 17.4 Å². The van der Waals surface area contributed by atoms with E-state index in [4.69, 9.17) is 5.11 Å². The molecule has 2 N–H and O–H groups in total. The van der Waals surface area contributed by atoms with Gasteiger partial charge in [-0.1, -0.05) is 0 Å². The molecule has 0 saturated carbocycles. The molecule has 0 spiro atoms. The summed E-state index contributed by atoms with van der Waals surface area (Å²) in [4.78, 5) is 14.4. The fourth-order valence-electron chi connectivity index (χ4n) is 1.65. The Bertz CT molecular complexity index is 557. The third kappa shape index (κ3) is 2.16. The highest BCUT2D eigenvalue weighted by molar-refractivity contribution is 5.96. The van der Waals surface area contributed by atoms with Crippen LogP contribution in [0.5, 0.6) is 0 Å². The van der Waals surface area contributed by atoms with E-state index >= 15 is 0 Å². The number of nitrogens with zero attached hydrogens (tertiary/aromatic N) is 2. The summed E-state index contributed by atoms with van der Waals surface area (Å²) in [5, 5.41) is 23.3. The van der Waals surface area contributed by atoms with Crippen molar-refractivity contribution in [3.05, 3.63) is 40.6 Å². The third-order valence-electron chi connectivity index (χ3n) is 2.37. The second-order valence-corrected chi connectivity index (χ2v) is 3.44. The predicted molar refractivity (Wildman–Crippen MR) is 64.0 cm³/mol. The normalized spacial score (nSPS) is 10.4. The van der Waals surface area contributed by atoms with E-state index in [1.54, 1.807) is 18.2 Å². The lowest BCUT2D eigenvalue weighted by Crippen LogP contribution is -2.06. The predicted octanol–water partition coefficient (Wildman–Crippen LogP) is 1.55. The minimum atomic E-state index is -0.453. The Hall–Kier alpha value is -2.21. The molecular formula is C11H11N3O3. The Morgan fingerprint density at radius 3 is 2.94 bits per heavy atom. The van der Waals surface area contributed by atoms with E-state index in [-0.39, 0.29) is 12.3 Å². The minimum Gasteiger partial charge on any atom is -0.395 e. The lowest BCUT2D eigenvalue weighted by Gasteiger charge is -2.07. The van der Waals surface area contributed by atoms with Gasteiger partial charge in [0.1, 0.15) is 5.52 Å². The summed E-state index contributed by atoms with van der Waals surface area (Å²) in [5.41, 5.74) is 1.06. The molecule has 17 heavy (non-hydrogen) atoms. The van der Waals surface area contributed by atoms with Crippen LogP contribution in [0.3, 0.4) is 0 Å². The van der Waals surface area contributed by atoms with Gasteiger partial charge in [-0.3, -0.25) is 10.1 Å². The highest BCUT2D eigenvalue weighted by atomic mass is 16.6. The first-order valence-electron chi connectivity index (χ1n) is 5.11. The van der Waals surface area contributed by atoms with Crippen molar-refractivity contribution in [2.75, 3.05) is 18.5 Å². The highest BCUT2D eigenvalue weighted by Crippen LogP contribution is 2.29. The fourth-order valence-corrected chi connectivity index (χ4v) is 1.65. The molecule has 2 rings (SSSR count). The van der Waals surface area contributed by atoms with Crippen LogP contribution in [0.1, 0.15) is 0 Å². The van der Waals surface area contributed by atoms with Crippen molar-refractivity contribution in [2.45, 2.75) is 0 Å². The number of benzene rings is 1. The molecule has 88 valence electrons. The quantitative estimate of drug-likeness (QED) is 0.617. The molecule has 0 bridgehead atoms. The van der Waals surface area contributed by atoms with Crippen molar-refractivity contribution in [2.24, 2.45) is 0 Å². The van der Waals surface area contributed by atoms with E-state index in [2.05, 4.69) is 10.3 Å². The fraction of sp³-hybridized carbons (Fsp3) is 0.182. The van der Waals surface area contributed by atoms with Crippen LogP contribution in [0.2, 0.25) is 0 Å². The maximum atomic E-state index is 10.8. The van der Waals surface area contributed by atoms with Gasteiger partial charge in [0.2, 0.25) is 0 Å². The smallest absolute Gasteiger partial charge is 0.295 e. The van der Waals surface area contributed by atoms with Gasteiger partial charge in [0.05, 0.1) is 11.5 Å². The summed E-state index contributed by atoms with van der Waals surface area (Å²) in [6, 6.07) is 6.51. The van der Waals surface area contributed by atoms with Crippen molar-refractivity contribution in [3.8, 4) is 0 Å². The molecule has 0 saturated heterocycles. The van der Waals surface area contributed by atoms with Crippen LogP contribution >= 0.6 is 0 Å². The maximum Gasteiger partial charge on any atom is 0.295 e. The maximum absolute atomic E-state index is 10.8. The Labute approximate surface area is 97.1 Å². The third-order valence-corrected chi connectivity index (χ3v) is 2.37. The first-order chi connectivity index (χ1) is 8.24. The summed E-state index contributed by atoms with van der Waals surface area (Å²) in [6.45, 7) is 0.389. The van der Waals surface area contributed by atoms with Crippen molar-refractivity contribution in [1.82, 2.24) is 4.98 Å². The average Bonchev–Trinajstić information content (AvgIpc) is 2.35. The number of pyridine rings is 1. The van der Waals surface area contributed by atoms with Crippen molar-refractivity contribution >= 4 is 22.3 Å². The summed E-state index contributed by atoms with van der Waals surface area (Å²) in [6.07, 6.45) is 1.52. The van der Waals surface area contributed by atoms with Gasteiger partial charge in [0.15, 0.2) is 0 Å². The van der Waals surface area contributed by atoms with Gasteiger partial charge in [0.25, 0.3) is 5.69 Å². The van der Waals surface area contributed by atoms with Gasteiger partial charge < -0.3 is 10.4 Å². The van der Waals surface area contributed by atoms with Gasteiger partial charge in [-0.15, -0.1) is 0 Å². The Kier molecular flexibility index (Phi) is 3.15. The number of non-ortho nitro benzene ring substituents is 1. The number of aliphatic hydroxyl groups excluding tert-OH is 1. The SMILES string of the molecule is O=[N+]([O-])c1ccc(NCCO)c2cccnc12. The molecule has 0 aliphatic carbocycles. The highest BCUT2D eigenvalue weighted by Gasteiger charge is 2.14. The molecule has 6 nitrogen and oxygen atoms in total. The van der Waals surface area contributed by atoms with E-state index < -0.39 is 4.92 Å². The number of nitrogens with one attached hydrogen (secondary N) is 1. The van der Waals surface area contributed by atoms with Crippen LogP contribution in [-0.4, -0.2) is 28.2 Å². The molecular weight excluding hydrogens is 222 g/mol. The molecule has 0 radical (unpaired) electrons. The van der Waals surface area contributed by atoms with E-state index in [1.165, 1.54) is 12.3 Å². The van der Waals surface area contributed by atoms with E-state index in [9.17, 15) is 10.1 Å². The molecule has 1 aromatic carbocycles. The van der Waals surface area contributed by atoms with Gasteiger partial charge in [0, 0.05) is 29.9 Å². The molecule has 2 aromatic rings. The number of nitro groups is 1. The number of aromatic nitrogens is 1. The van der Waals surface area contributed by atoms with Crippen molar-refractivity contribution < 1.29 is 10.0 Å². The van der Waals surface area contributed by atoms with Gasteiger partial charge in [-0.05, 0) is 18.2 Å². The second kappa shape index (κ2) is 4.75. The number of nitro benzene ring substituents is 1. The standard InChI is InChI=1S/C11H11N3O3/c15-7-6-12-9-3-4-10(14(16)17)11-8(9)2-1-5-13-11/h1-5,12,15H,6-7H2. The largest absolute Gasteiger partial charge is 0.395 e. The number of hydrogen-bond acceptors (Lipinski definition) is 5. The molecule has 0 unspecified atom stereocenters. The molecule has 0 atom stereocenters. The lowest BCUT2D eigenvalue weighted by molar-refractivity contribution is -0.383. The van der Waals surface area contributed by atoms with Crippen LogP contribution in [0.4, 0.5) is 11.4 Å². The zero-order valence-corrected chi connectivity index (χ0v) is 8.96. The van der Waals surface area contributed by atoms with E-state index in [0.717, 1.165) is 5.69 Å². The van der Waals surface area contributed by atoms with Crippen LogP contribution in [0, 0.1) is 10.1 Å². The number of anilines is 1. The zero-order valence-electron chi connectivity index (χ0n) is 8.96. The summed E-state index contributed by atoms with van der Waals surface area (Å²) < 4.78 is 0. The lowest BCUT2D eigenvalue weighted by atomic mass is 10.1. The molecule has 0 aliphatic heterocycles. The Morgan fingerprint density at radius 1 is 1.41 bits per heavy atom. The molecule has 1 aromatic heterocycles. The van der Waals surface area contributed by atoms with Crippen molar-refractivity contribution in [3.63, 3.8) is 0 Å². The second-order valence-electron chi connectivity index (χ2n) is 3.44. The molecule has 0 fully saturated rings. The monoisotopic (exact) mass is 233 g/mol. The minimum absolute atomic E-state index is 0.00125. The molecule has 1 heterocycles. The molecule has 0 aliphatic rings. The summed E-state index contributed by atoms with van der Waals surface area (Å²) in [5.74, 6) is 0. The zero-order chi connectivity index (χ0) is 12.3. The average molecular weight is 233 g/mol. The van der Waals surface area contributed by atoms with Crippen LogP contribution in [0.25, 0.3) is 10.9 Å². The first-order valence-corrected chi connectivity index (χ1v) is 5.11. The van der Waals surface area contributed by atoms with Crippen molar-refractivity contribution in [1.29, 1.82) is 0 Å². The van der Waals surface area contributed by atoms with Gasteiger partial charge in [-0.25, -0.2) is 4.98 Å². The number of hydrogen-bond donors (Lipinski definition) is 2. The number of fused-ring (bicyclic) bond motifs is 1. The van der Waals surface area contributed by atoms with Gasteiger partial charge >= 0.3 is 0 Å². The first kappa shape index (κ1) is 11.3. The molecule has 0 amide bonds. The number of rotatable bonds is 4.